The lowest BCUT2D eigenvalue weighted by molar-refractivity contribution is 0.668. The Bertz CT molecular complexity index is 3480. The number of hydrogen-bond donors (Lipinski definition) is 0. The van der Waals surface area contributed by atoms with E-state index < -0.39 is 0 Å². The molecule has 0 N–H and O–H groups in total. The van der Waals surface area contributed by atoms with E-state index in [9.17, 15) is 0 Å². The van der Waals surface area contributed by atoms with Crippen molar-refractivity contribution in [2.24, 2.45) is 0 Å². The molecule has 0 saturated heterocycles. The Balaban J connectivity index is 1.10. The fourth-order valence-electron chi connectivity index (χ4n) is 8.60. The second-order valence-corrected chi connectivity index (χ2v) is 15.2. The average molecular weight is 768 g/mol. The van der Waals surface area contributed by atoms with Crippen molar-refractivity contribution in [1.29, 1.82) is 0 Å². The highest BCUT2D eigenvalue weighted by Gasteiger charge is 2.17. The van der Waals surface area contributed by atoms with Crippen LogP contribution >= 0.6 is 0 Å². The minimum Gasteiger partial charge on any atom is -0.456 e. The quantitative estimate of drug-likeness (QED) is 0.169. The molecule has 0 bridgehead atoms. The first-order valence-corrected chi connectivity index (χ1v) is 20.1. The van der Waals surface area contributed by atoms with Crippen LogP contribution in [0.25, 0.3) is 122 Å². The summed E-state index contributed by atoms with van der Waals surface area (Å²) in [6.07, 6.45) is 3.69. The zero-order valence-corrected chi connectivity index (χ0v) is 32.2. The van der Waals surface area contributed by atoms with Gasteiger partial charge < -0.3 is 8.83 Å². The fraction of sp³-hybridized carbons (Fsp3) is 0. The minimum absolute atomic E-state index is 0.663. The van der Waals surface area contributed by atoms with E-state index in [1.807, 2.05) is 36.5 Å². The van der Waals surface area contributed by atoms with Crippen molar-refractivity contribution in [2.45, 2.75) is 0 Å². The molecule has 0 amide bonds. The van der Waals surface area contributed by atoms with E-state index in [1.54, 1.807) is 6.20 Å². The molecule has 12 rings (SSSR count). The van der Waals surface area contributed by atoms with E-state index >= 15 is 0 Å². The summed E-state index contributed by atoms with van der Waals surface area (Å²) in [5.41, 5.74) is 14.5. The Morgan fingerprint density at radius 2 is 0.833 bits per heavy atom. The van der Waals surface area contributed by atoms with Gasteiger partial charge in [-0.15, -0.1) is 0 Å². The molecule has 0 aliphatic carbocycles. The zero-order valence-electron chi connectivity index (χ0n) is 32.2. The molecule has 280 valence electrons. The van der Waals surface area contributed by atoms with Crippen molar-refractivity contribution in [3.05, 3.63) is 200 Å². The van der Waals surface area contributed by atoms with Crippen LogP contribution in [0.2, 0.25) is 0 Å². The van der Waals surface area contributed by atoms with E-state index in [-0.39, 0.29) is 0 Å². The second kappa shape index (κ2) is 13.8. The van der Waals surface area contributed by atoms with Gasteiger partial charge in [-0.25, -0.2) is 9.97 Å². The van der Waals surface area contributed by atoms with Crippen molar-refractivity contribution in [1.82, 2.24) is 15.0 Å². The highest BCUT2D eigenvalue weighted by Crippen LogP contribution is 2.40. The van der Waals surface area contributed by atoms with Gasteiger partial charge in [-0.05, 0) is 111 Å². The van der Waals surface area contributed by atoms with Gasteiger partial charge in [-0.1, -0.05) is 115 Å². The summed E-state index contributed by atoms with van der Waals surface area (Å²) in [7, 11) is 0. The summed E-state index contributed by atoms with van der Waals surface area (Å²) in [5, 5.41) is 6.59. The van der Waals surface area contributed by atoms with Gasteiger partial charge in [0.2, 0.25) is 0 Å². The predicted molar refractivity (Wildman–Crippen MR) is 245 cm³/mol. The van der Waals surface area contributed by atoms with Crippen LogP contribution in [0.4, 0.5) is 0 Å². The number of para-hydroxylation sites is 2. The molecule has 60 heavy (non-hydrogen) atoms. The molecule has 0 atom stereocenters. The number of furan rings is 2. The second-order valence-electron chi connectivity index (χ2n) is 15.2. The normalized spacial score (nSPS) is 11.7. The van der Waals surface area contributed by atoms with Gasteiger partial charge in [0.1, 0.15) is 22.3 Å². The first kappa shape index (κ1) is 33.9. The third-order valence-electron chi connectivity index (χ3n) is 11.6. The lowest BCUT2D eigenvalue weighted by Crippen LogP contribution is -1.97. The van der Waals surface area contributed by atoms with Crippen molar-refractivity contribution in [3.8, 4) is 67.3 Å². The molecule has 12 aromatic rings. The molecule has 4 heterocycles. The molecular formula is C55H33N3O2. The molecule has 0 aliphatic rings. The lowest BCUT2D eigenvalue weighted by Gasteiger charge is -2.14. The maximum Gasteiger partial charge on any atom is 0.161 e. The third-order valence-corrected chi connectivity index (χ3v) is 11.6. The van der Waals surface area contributed by atoms with Crippen LogP contribution in [0.5, 0.6) is 0 Å². The molecule has 0 fully saturated rings. The zero-order chi connectivity index (χ0) is 39.6. The van der Waals surface area contributed by atoms with Crippen molar-refractivity contribution in [3.63, 3.8) is 0 Å². The van der Waals surface area contributed by atoms with Crippen molar-refractivity contribution in [2.75, 3.05) is 0 Å². The van der Waals surface area contributed by atoms with E-state index in [2.05, 4.69) is 163 Å². The Labute approximate surface area is 344 Å². The molecule has 0 aliphatic heterocycles. The SMILES string of the molecule is c1cncc(-c2cccc(-c3cc(-c4cc(-c5ccc6oc7ccccc7c6c5)cc(-c5ccc6oc7ccccc7c6c5)c4)nc(-c4cccc5ccccc45)n3)c2)c1. The molecule has 0 radical (unpaired) electrons. The van der Waals surface area contributed by atoms with Gasteiger partial charge in [-0.2, -0.15) is 0 Å². The summed E-state index contributed by atoms with van der Waals surface area (Å²) in [5.74, 6) is 0.663. The maximum absolute atomic E-state index is 6.25. The monoisotopic (exact) mass is 767 g/mol. The Morgan fingerprint density at radius 3 is 1.52 bits per heavy atom. The molecular weight excluding hydrogens is 735 g/mol. The number of benzene rings is 8. The Kier molecular flexibility index (Phi) is 7.78. The molecule has 5 heteroatoms. The van der Waals surface area contributed by atoms with Crippen LogP contribution in [0, 0.1) is 0 Å². The van der Waals surface area contributed by atoms with Crippen LogP contribution < -0.4 is 0 Å². The highest BCUT2D eigenvalue weighted by molar-refractivity contribution is 6.08. The van der Waals surface area contributed by atoms with Gasteiger partial charge in [0.15, 0.2) is 5.82 Å². The minimum atomic E-state index is 0.663. The van der Waals surface area contributed by atoms with E-state index in [1.165, 1.54) is 0 Å². The number of hydrogen-bond acceptors (Lipinski definition) is 5. The third kappa shape index (κ3) is 5.83. The van der Waals surface area contributed by atoms with Gasteiger partial charge >= 0.3 is 0 Å². The van der Waals surface area contributed by atoms with Crippen LogP contribution in [0.15, 0.2) is 209 Å². The fourth-order valence-corrected chi connectivity index (χ4v) is 8.60. The van der Waals surface area contributed by atoms with Crippen LogP contribution in [-0.2, 0) is 0 Å². The lowest BCUT2D eigenvalue weighted by atomic mass is 9.93. The van der Waals surface area contributed by atoms with E-state index in [4.69, 9.17) is 18.8 Å². The first-order valence-electron chi connectivity index (χ1n) is 20.1. The molecule has 0 spiro atoms. The van der Waals surface area contributed by atoms with Crippen molar-refractivity contribution >= 4 is 54.6 Å². The summed E-state index contributed by atoms with van der Waals surface area (Å²) in [6.45, 7) is 0. The molecule has 8 aromatic carbocycles. The topological polar surface area (TPSA) is 65.0 Å². The Morgan fingerprint density at radius 1 is 0.317 bits per heavy atom. The van der Waals surface area contributed by atoms with Crippen LogP contribution in [0.3, 0.4) is 0 Å². The summed E-state index contributed by atoms with van der Waals surface area (Å²) in [6, 6.07) is 65.6. The number of nitrogens with zero attached hydrogens (tertiary/aromatic N) is 3. The van der Waals surface area contributed by atoms with Gasteiger partial charge in [-0.3, -0.25) is 4.98 Å². The smallest absolute Gasteiger partial charge is 0.161 e. The molecule has 5 nitrogen and oxygen atoms in total. The summed E-state index contributed by atoms with van der Waals surface area (Å²) >= 11 is 0. The van der Waals surface area contributed by atoms with Crippen LogP contribution in [0.1, 0.15) is 0 Å². The van der Waals surface area contributed by atoms with E-state index in [0.29, 0.717) is 5.82 Å². The summed E-state index contributed by atoms with van der Waals surface area (Å²) in [4.78, 5) is 15.1. The molecule has 4 aromatic heterocycles. The number of fused-ring (bicyclic) bond motifs is 7. The largest absolute Gasteiger partial charge is 0.456 e. The van der Waals surface area contributed by atoms with Crippen molar-refractivity contribution < 1.29 is 8.83 Å². The number of aromatic nitrogens is 3. The van der Waals surface area contributed by atoms with Gasteiger partial charge in [0.05, 0.1) is 11.4 Å². The molecule has 0 saturated carbocycles. The predicted octanol–water partition coefficient (Wildman–Crippen LogP) is 14.8. The van der Waals surface area contributed by atoms with E-state index in [0.717, 1.165) is 116 Å². The average Bonchev–Trinajstić information content (AvgIpc) is 3.89. The van der Waals surface area contributed by atoms with Gasteiger partial charge in [0, 0.05) is 56.2 Å². The first-order chi connectivity index (χ1) is 29.7. The highest BCUT2D eigenvalue weighted by atomic mass is 16.3. The standard InChI is InChI=1S/C55H33N3O2/c1-2-15-43-34(10-1)11-8-18-46(43)55-57-49(38-13-7-12-35(26-38)39-14-9-25-56-33-39)32-50(58-55)42-28-40(36-21-23-53-47(30-36)44-16-3-5-19-51(44)59-53)27-41(29-42)37-22-24-54-48(31-37)45-17-4-6-20-52(45)60-54/h1-33H. The summed E-state index contributed by atoms with van der Waals surface area (Å²) < 4.78 is 12.5. The van der Waals surface area contributed by atoms with Crippen LogP contribution in [-0.4, -0.2) is 15.0 Å². The molecule has 0 unspecified atom stereocenters. The number of pyridine rings is 1. The number of rotatable bonds is 6. The maximum atomic E-state index is 6.25. The van der Waals surface area contributed by atoms with Gasteiger partial charge in [0.25, 0.3) is 0 Å². The Hall–Kier alpha value is -8.15.